The zero-order valence-electron chi connectivity index (χ0n) is 14.0. The Kier molecular flexibility index (Phi) is 4.52. The number of nitrogens with two attached hydrogens (primary N) is 1. The lowest BCUT2D eigenvalue weighted by atomic mass is 10.1. The molecule has 3 aromatic rings. The molecule has 0 bridgehead atoms. The van der Waals surface area contributed by atoms with E-state index >= 15 is 0 Å². The van der Waals surface area contributed by atoms with Crippen molar-refractivity contribution in [2.75, 3.05) is 13.1 Å². The number of carbonyl (C=O) groups excluding carboxylic acids is 1. The van der Waals surface area contributed by atoms with Crippen LogP contribution in [0.3, 0.4) is 0 Å². The number of nitrogens with zero attached hydrogens (tertiary/aromatic N) is 4. The van der Waals surface area contributed by atoms with E-state index in [4.69, 9.17) is 5.73 Å². The van der Waals surface area contributed by atoms with Crippen molar-refractivity contribution in [1.29, 1.82) is 0 Å². The third-order valence-electron chi connectivity index (χ3n) is 4.44. The molecule has 26 heavy (non-hydrogen) atoms. The number of likely N-dealkylation sites (tertiary alicyclic amines) is 1. The van der Waals surface area contributed by atoms with Crippen molar-refractivity contribution in [2.45, 2.75) is 18.9 Å². The highest BCUT2D eigenvalue weighted by molar-refractivity contribution is 7.13. The second-order valence-electron chi connectivity index (χ2n) is 6.25. The van der Waals surface area contributed by atoms with Gasteiger partial charge in [0.1, 0.15) is 5.82 Å². The van der Waals surface area contributed by atoms with E-state index in [0.717, 1.165) is 17.7 Å². The molecule has 2 N–H and O–H groups in total. The maximum absolute atomic E-state index is 13.3. The quantitative estimate of drug-likeness (QED) is 0.768. The van der Waals surface area contributed by atoms with Crippen LogP contribution in [0.5, 0.6) is 0 Å². The van der Waals surface area contributed by atoms with Gasteiger partial charge in [0.05, 0.1) is 10.6 Å². The highest BCUT2D eigenvalue weighted by Gasteiger charge is 2.26. The fourth-order valence-corrected chi connectivity index (χ4v) is 3.67. The first-order valence-corrected chi connectivity index (χ1v) is 9.31. The van der Waals surface area contributed by atoms with Crippen LogP contribution in [0.25, 0.3) is 16.4 Å². The number of hydrogen-bond acceptors (Lipinski definition) is 5. The summed E-state index contributed by atoms with van der Waals surface area (Å²) in [5.41, 5.74) is 6.57. The smallest absolute Gasteiger partial charge is 0.293 e. The first kappa shape index (κ1) is 16.9. The van der Waals surface area contributed by atoms with Crippen molar-refractivity contribution < 1.29 is 9.18 Å². The molecule has 1 fully saturated rings. The number of carbonyl (C=O) groups is 1. The largest absolute Gasteiger partial charge is 0.336 e. The molecule has 1 aliphatic rings. The van der Waals surface area contributed by atoms with Gasteiger partial charge in [-0.2, -0.15) is 0 Å². The molecule has 0 atom stereocenters. The highest BCUT2D eigenvalue weighted by atomic mass is 32.1. The second kappa shape index (κ2) is 6.97. The molecule has 3 heterocycles. The van der Waals surface area contributed by atoms with E-state index in [1.807, 2.05) is 17.5 Å². The molecular formula is C18H18FN5OS. The zero-order chi connectivity index (χ0) is 18.1. The van der Waals surface area contributed by atoms with Crippen molar-refractivity contribution in [3.63, 3.8) is 0 Å². The topological polar surface area (TPSA) is 77.0 Å². The molecule has 0 aliphatic carbocycles. The first-order valence-electron chi connectivity index (χ1n) is 8.43. The van der Waals surface area contributed by atoms with E-state index < -0.39 is 0 Å². The molecule has 0 saturated carbocycles. The molecular weight excluding hydrogens is 353 g/mol. The van der Waals surface area contributed by atoms with Crippen molar-refractivity contribution in [3.05, 3.63) is 53.4 Å². The summed E-state index contributed by atoms with van der Waals surface area (Å²) in [6.45, 7) is 1.22. The Balaban J connectivity index is 1.71. The van der Waals surface area contributed by atoms with Gasteiger partial charge < -0.3 is 10.6 Å². The van der Waals surface area contributed by atoms with Crippen LogP contribution in [-0.4, -0.2) is 44.7 Å². The van der Waals surface area contributed by atoms with E-state index in [1.54, 1.807) is 21.7 Å². The predicted molar refractivity (Wildman–Crippen MR) is 97.7 cm³/mol. The first-order chi connectivity index (χ1) is 12.6. The lowest BCUT2D eigenvalue weighted by molar-refractivity contribution is 0.0702. The monoisotopic (exact) mass is 371 g/mol. The summed E-state index contributed by atoms with van der Waals surface area (Å²) in [6.07, 6.45) is 1.56. The maximum Gasteiger partial charge on any atom is 0.293 e. The van der Waals surface area contributed by atoms with Crippen molar-refractivity contribution >= 4 is 17.2 Å². The van der Waals surface area contributed by atoms with Gasteiger partial charge in [-0.1, -0.05) is 6.07 Å². The SMILES string of the molecule is NC1CCN(C(=O)c2nc(-c3cccs3)n(-c3ccc(F)cc3)n2)CC1. The predicted octanol–water partition coefficient (Wildman–Crippen LogP) is 2.70. The number of rotatable bonds is 3. The van der Waals surface area contributed by atoms with Crippen LogP contribution in [-0.2, 0) is 0 Å². The van der Waals surface area contributed by atoms with Gasteiger partial charge in [-0.15, -0.1) is 16.4 Å². The Labute approximate surface area is 154 Å². The molecule has 0 unspecified atom stereocenters. The maximum atomic E-state index is 13.3. The van der Waals surface area contributed by atoms with Crippen molar-refractivity contribution in [2.24, 2.45) is 5.73 Å². The molecule has 0 spiro atoms. The van der Waals surface area contributed by atoms with Crippen LogP contribution in [0.15, 0.2) is 41.8 Å². The van der Waals surface area contributed by atoms with E-state index in [2.05, 4.69) is 10.1 Å². The van der Waals surface area contributed by atoms with E-state index in [9.17, 15) is 9.18 Å². The highest BCUT2D eigenvalue weighted by Crippen LogP contribution is 2.26. The molecule has 1 amide bonds. The van der Waals surface area contributed by atoms with E-state index in [0.29, 0.717) is 24.6 Å². The molecule has 0 radical (unpaired) electrons. The Morgan fingerprint density at radius 2 is 1.92 bits per heavy atom. The average Bonchev–Trinajstić information content (AvgIpc) is 3.32. The van der Waals surface area contributed by atoms with Crippen LogP contribution in [0.1, 0.15) is 23.5 Å². The Morgan fingerprint density at radius 1 is 1.19 bits per heavy atom. The number of thiophene rings is 1. The van der Waals surface area contributed by atoms with Crippen LogP contribution in [0, 0.1) is 5.82 Å². The molecule has 134 valence electrons. The van der Waals surface area contributed by atoms with Crippen LogP contribution < -0.4 is 5.73 Å². The fraction of sp³-hybridized carbons (Fsp3) is 0.278. The lowest BCUT2D eigenvalue weighted by Crippen LogP contribution is -2.43. The zero-order valence-corrected chi connectivity index (χ0v) is 14.8. The van der Waals surface area contributed by atoms with Crippen LogP contribution in [0.4, 0.5) is 4.39 Å². The summed E-state index contributed by atoms with van der Waals surface area (Å²) in [6, 6.07) is 9.95. The van der Waals surface area contributed by atoms with Gasteiger partial charge in [-0.05, 0) is 48.6 Å². The van der Waals surface area contributed by atoms with E-state index in [-0.39, 0.29) is 23.6 Å². The number of benzene rings is 1. The molecule has 4 rings (SSSR count). The van der Waals surface area contributed by atoms with Gasteiger partial charge in [0.2, 0.25) is 5.82 Å². The van der Waals surface area contributed by atoms with Crippen LogP contribution >= 0.6 is 11.3 Å². The van der Waals surface area contributed by atoms with Crippen molar-refractivity contribution in [1.82, 2.24) is 19.7 Å². The number of hydrogen-bond donors (Lipinski definition) is 1. The van der Waals surface area contributed by atoms with Gasteiger partial charge in [0.15, 0.2) is 5.82 Å². The Bertz CT molecular complexity index is 898. The van der Waals surface area contributed by atoms with Gasteiger partial charge in [-0.25, -0.2) is 14.1 Å². The number of piperidine rings is 1. The second-order valence-corrected chi connectivity index (χ2v) is 7.20. The van der Waals surface area contributed by atoms with Gasteiger partial charge in [-0.3, -0.25) is 4.79 Å². The number of aromatic nitrogens is 3. The van der Waals surface area contributed by atoms with Gasteiger partial charge >= 0.3 is 0 Å². The summed E-state index contributed by atoms with van der Waals surface area (Å²) < 4.78 is 14.9. The molecule has 1 aromatic carbocycles. The summed E-state index contributed by atoms with van der Waals surface area (Å²) in [5, 5.41) is 6.36. The fourth-order valence-electron chi connectivity index (χ4n) is 2.97. The Hall–Kier alpha value is -2.58. The number of halogens is 1. The molecule has 1 saturated heterocycles. The minimum absolute atomic E-state index is 0.144. The summed E-state index contributed by atoms with van der Waals surface area (Å²) in [7, 11) is 0. The summed E-state index contributed by atoms with van der Waals surface area (Å²) in [4.78, 5) is 19.9. The lowest BCUT2D eigenvalue weighted by Gasteiger charge is -2.29. The average molecular weight is 371 g/mol. The summed E-state index contributed by atoms with van der Waals surface area (Å²) >= 11 is 1.51. The molecule has 1 aliphatic heterocycles. The van der Waals surface area contributed by atoms with Gasteiger partial charge in [0.25, 0.3) is 5.91 Å². The van der Waals surface area contributed by atoms with Crippen molar-refractivity contribution in [3.8, 4) is 16.4 Å². The van der Waals surface area contributed by atoms with Crippen LogP contribution in [0.2, 0.25) is 0 Å². The molecule has 6 nitrogen and oxygen atoms in total. The number of amides is 1. The third kappa shape index (κ3) is 3.25. The third-order valence-corrected chi connectivity index (χ3v) is 5.30. The Morgan fingerprint density at radius 3 is 2.58 bits per heavy atom. The normalized spacial score (nSPS) is 15.4. The minimum atomic E-state index is -0.326. The molecule has 8 heteroatoms. The standard InChI is InChI=1S/C18H18FN5OS/c19-12-3-5-14(6-4-12)24-17(15-2-1-11-26-15)21-16(22-24)18(25)23-9-7-13(20)8-10-23/h1-6,11,13H,7-10,20H2. The van der Waals surface area contributed by atoms with Gasteiger partial charge in [0, 0.05) is 19.1 Å². The molecule has 2 aromatic heterocycles. The minimum Gasteiger partial charge on any atom is -0.336 e. The summed E-state index contributed by atoms with van der Waals surface area (Å²) in [5.74, 6) is 0.194. The van der Waals surface area contributed by atoms with E-state index in [1.165, 1.54) is 23.5 Å².